The van der Waals surface area contributed by atoms with Crippen molar-refractivity contribution in [2.75, 3.05) is 31.2 Å². The van der Waals surface area contributed by atoms with E-state index in [0.717, 1.165) is 16.8 Å². The molecule has 2 heterocycles. The van der Waals surface area contributed by atoms with Crippen molar-refractivity contribution in [3.8, 4) is 0 Å². The normalized spacial score (nSPS) is 18.4. The van der Waals surface area contributed by atoms with E-state index < -0.39 is 10.0 Å². The smallest absolute Gasteiger partial charge is 0.243 e. The van der Waals surface area contributed by atoms with E-state index in [4.69, 9.17) is 10.1 Å². The molecule has 2 aromatic carbocycles. The summed E-state index contributed by atoms with van der Waals surface area (Å²) in [5.41, 5.74) is 2.85. The molecule has 1 fully saturated rings. The fourth-order valence-corrected chi connectivity index (χ4v) is 4.65. The van der Waals surface area contributed by atoms with Crippen molar-refractivity contribution in [2.24, 2.45) is 0 Å². The molecule has 0 saturated carbocycles. The third-order valence-corrected chi connectivity index (χ3v) is 6.54. The number of sulfonamides is 1. The van der Waals surface area contributed by atoms with Crippen LogP contribution in [-0.4, -0.2) is 44.9 Å². The molecule has 0 bridgehead atoms. The Morgan fingerprint density at radius 3 is 2.32 bits per heavy atom. The van der Waals surface area contributed by atoms with Crippen molar-refractivity contribution in [2.45, 2.75) is 11.4 Å². The summed E-state index contributed by atoms with van der Waals surface area (Å²) in [6, 6.07) is 14.6. The van der Waals surface area contributed by atoms with E-state index in [2.05, 4.69) is 0 Å². The van der Waals surface area contributed by atoms with Gasteiger partial charge in [-0.2, -0.15) is 4.31 Å². The van der Waals surface area contributed by atoms with Crippen molar-refractivity contribution < 1.29 is 13.2 Å². The van der Waals surface area contributed by atoms with Gasteiger partial charge in [0.25, 0.3) is 0 Å². The summed E-state index contributed by atoms with van der Waals surface area (Å²) in [5, 5.41) is 8.35. The lowest BCUT2D eigenvalue weighted by atomic mass is 10.1. The van der Waals surface area contributed by atoms with E-state index in [1.807, 2.05) is 29.2 Å². The van der Waals surface area contributed by atoms with Crippen LogP contribution >= 0.6 is 0 Å². The Hall–Kier alpha value is -2.22. The zero-order chi connectivity index (χ0) is 17.4. The lowest BCUT2D eigenvalue weighted by molar-refractivity contribution is 0.0730. The number of benzene rings is 2. The van der Waals surface area contributed by atoms with Crippen LogP contribution in [0.1, 0.15) is 11.1 Å². The average molecular weight is 357 g/mol. The highest BCUT2D eigenvalue weighted by Gasteiger charge is 2.28. The van der Waals surface area contributed by atoms with Gasteiger partial charge in [-0.1, -0.05) is 24.3 Å². The highest BCUT2D eigenvalue weighted by Crippen LogP contribution is 2.29. The van der Waals surface area contributed by atoms with Gasteiger partial charge in [0.1, 0.15) is 5.84 Å². The summed E-state index contributed by atoms with van der Waals surface area (Å²) in [5.74, 6) is 0.444. The van der Waals surface area contributed by atoms with Crippen LogP contribution in [-0.2, 0) is 21.3 Å². The molecule has 0 amide bonds. The number of hydrogen-bond acceptors (Lipinski definition) is 4. The number of rotatable bonds is 3. The van der Waals surface area contributed by atoms with Gasteiger partial charge >= 0.3 is 0 Å². The minimum Gasteiger partial charge on any atom is -0.379 e. The molecular weight excluding hydrogens is 338 g/mol. The second-order valence-corrected chi connectivity index (χ2v) is 8.04. The second-order valence-electron chi connectivity index (χ2n) is 6.10. The molecule has 2 aromatic rings. The number of amidine groups is 1. The van der Waals surface area contributed by atoms with Crippen LogP contribution in [0.15, 0.2) is 53.4 Å². The summed E-state index contributed by atoms with van der Waals surface area (Å²) in [7, 11) is -3.49. The molecule has 1 N–H and O–H groups in total. The van der Waals surface area contributed by atoms with Crippen molar-refractivity contribution in [3.63, 3.8) is 0 Å². The Morgan fingerprint density at radius 2 is 1.64 bits per heavy atom. The van der Waals surface area contributed by atoms with Gasteiger partial charge in [-0.15, -0.1) is 0 Å². The number of morpholine rings is 1. The molecule has 25 heavy (non-hydrogen) atoms. The van der Waals surface area contributed by atoms with Gasteiger partial charge in [0, 0.05) is 24.3 Å². The quantitative estimate of drug-likeness (QED) is 0.912. The topological polar surface area (TPSA) is 73.7 Å². The second kappa shape index (κ2) is 6.25. The van der Waals surface area contributed by atoms with Crippen LogP contribution in [0.4, 0.5) is 5.69 Å². The lowest BCUT2D eigenvalue weighted by Gasteiger charge is -2.26. The van der Waals surface area contributed by atoms with E-state index in [9.17, 15) is 8.42 Å². The fourth-order valence-electron chi connectivity index (χ4n) is 3.24. The first-order valence-electron chi connectivity index (χ1n) is 8.20. The monoisotopic (exact) mass is 357 g/mol. The predicted molar refractivity (Wildman–Crippen MR) is 95.5 cm³/mol. The van der Waals surface area contributed by atoms with Crippen molar-refractivity contribution >= 4 is 21.5 Å². The van der Waals surface area contributed by atoms with Crippen molar-refractivity contribution in [3.05, 3.63) is 59.7 Å². The van der Waals surface area contributed by atoms with Gasteiger partial charge in [0.05, 0.1) is 24.7 Å². The molecule has 6 nitrogen and oxygen atoms in total. The third-order valence-electron chi connectivity index (χ3n) is 4.63. The highest BCUT2D eigenvalue weighted by atomic mass is 32.2. The maximum atomic E-state index is 12.7. The van der Waals surface area contributed by atoms with E-state index >= 15 is 0 Å². The van der Waals surface area contributed by atoms with E-state index in [0.29, 0.717) is 38.7 Å². The molecule has 130 valence electrons. The van der Waals surface area contributed by atoms with Crippen LogP contribution in [0.3, 0.4) is 0 Å². The minimum absolute atomic E-state index is 0.279. The summed E-state index contributed by atoms with van der Waals surface area (Å²) < 4.78 is 32.0. The first kappa shape index (κ1) is 16.3. The van der Waals surface area contributed by atoms with Gasteiger partial charge in [-0.05, 0) is 29.8 Å². The summed E-state index contributed by atoms with van der Waals surface area (Å²) in [4.78, 5) is 2.16. The zero-order valence-electron chi connectivity index (χ0n) is 13.7. The third kappa shape index (κ3) is 2.84. The number of hydrogen-bond donors (Lipinski definition) is 1. The van der Waals surface area contributed by atoms with Crippen molar-refractivity contribution in [1.82, 2.24) is 4.31 Å². The standard InChI is InChI=1S/C18H19N3O3S/c19-18-17-4-2-1-3-14(17)13-21(18)15-5-7-16(8-6-15)25(22,23)20-9-11-24-12-10-20/h1-8,19H,9-13H2. The van der Waals surface area contributed by atoms with E-state index in [-0.39, 0.29) is 4.90 Å². The molecular formula is C18H19N3O3S. The molecule has 2 aliphatic heterocycles. The lowest BCUT2D eigenvalue weighted by Crippen LogP contribution is -2.40. The van der Waals surface area contributed by atoms with Crippen LogP contribution in [0.25, 0.3) is 0 Å². The Bertz CT molecular complexity index is 903. The molecule has 7 heteroatoms. The summed E-state index contributed by atoms with van der Waals surface area (Å²) >= 11 is 0. The largest absolute Gasteiger partial charge is 0.379 e. The van der Waals surface area contributed by atoms with Gasteiger partial charge in [0.15, 0.2) is 0 Å². The number of nitrogens with zero attached hydrogens (tertiary/aromatic N) is 2. The van der Waals surface area contributed by atoms with Gasteiger partial charge < -0.3 is 9.64 Å². The number of nitrogens with one attached hydrogen (secondary N) is 1. The Balaban J connectivity index is 1.58. The number of anilines is 1. The van der Waals surface area contributed by atoms with Crippen LogP contribution in [0, 0.1) is 5.41 Å². The number of ether oxygens (including phenoxy) is 1. The molecule has 0 aromatic heterocycles. The summed E-state index contributed by atoms with van der Waals surface area (Å²) in [6.07, 6.45) is 0. The van der Waals surface area contributed by atoms with Gasteiger partial charge in [-0.3, -0.25) is 5.41 Å². The molecule has 4 rings (SSSR count). The maximum Gasteiger partial charge on any atom is 0.243 e. The van der Waals surface area contributed by atoms with E-state index in [1.54, 1.807) is 24.3 Å². The Kier molecular flexibility index (Phi) is 4.07. The van der Waals surface area contributed by atoms with E-state index in [1.165, 1.54) is 4.31 Å². The van der Waals surface area contributed by atoms with Gasteiger partial charge in [-0.25, -0.2) is 8.42 Å². The molecule has 1 saturated heterocycles. The fraction of sp³-hybridized carbons (Fsp3) is 0.278. The molecule has 0 radical (unpaired) electrons. The van der Waals surface area contributed by atoms with Crippen molar-refractivity contribution in [1.29, 1.82) is 5.41 Å². The SMILES string of the molecule is N=C1c2ccccc2CN1c1ccc(S(=O)(=O)N2CCOCC2)cc1. The minimum atomic E-state index is -3.49. The molecule has 2 aliphatic rings. The van der Waals surface area contributed by atoms with Crippen LogP contribution in [0.5, 0.6) is 0 Å². The summed E-state index contributed by atoms with van der Waals surface area (Å²) in [6.45, 7) is 2.26. The first-order chi connectivity index (χ1) is 12.1. The van der Waals surface area contributed by atoms with Crippen LogP contribution in [0.2, 0.25) is 0 Å². The average Bonchev–Trinajstić information content (AvgIpc) is 3.00. The Morgan fingerprint density at radius 1 is 0.960 bits per heavy atom. The number of fused-ring (bicyclic) bond motifs is 1. The predicted octanol–water partition coefficient (Wildman–Crippen LogP) is 2.05. The van der Waals surface area contributed by atoms with Gasteiger partial charge in [0.2, 0.25) is 10.0 Å². The zero-order valence-corrected chi connectivity index (χ0v) is 14.5. The maximum absolute atomic E-state index is 12.7. The van der Waals surface area contributed by atoms with Crippen LogP contribution < -0.4 is 4.90 Å². The Labute approximate surface area is 147 Å². The first-order valence-corrected chi connectivity index (χ1v) is 9.64. The molecule has 0 spiro atoms. The molecule has 0 aliphatic carbocycles. The highest BCUT2D eigenvalue weighted by molar-refractivity contribution is 7.89. The molecule has 0 unspecified atom stereocenters. The molecule has 0 atom stereocenters.